The minimum atomic E-state index is 0.0734. The van der Waals surface area contributed by atoms with Crippen molar-refractivity contribution >= 4 is 5.91 Å². The highest BCUT2D eigenvalue weighted by Gasteiger charge is 2.16. The van der Waals surface area contributed by atoms with Gasteiger partial charge in [-0.15, -0.1) is 0 Å². The van der Waals surface area contributed by atoms with E-state index in [4.69, 9.17) is 0 Å². The van der Waals surface area contributed by atoms with Gasteiger partial charge in [-0.25, -0.2) is 0 Å². The number of nitrogens with zero attached hydrogens (tertiary/aromatic N) is 3. The maximum Gasteiger partial charge on any atom is 0.236 e. The molecular weight excluding hydrogens is 276 g/mol. The second-order valence-corrected chi connectivity index (χ2v) is 5.55. The molecule has 0 aliphatic heterocycles. The first-order valence-electron chi connectivity index (χ1n) is 7.58. The lowest BCUT2D eigenvalue weighted by atomic mass is 10.1. The number of carbonyl (C=O) groups excluding carboxylic acids is 1. The highest BCUT2D eigenvalue weighted by Crippen LogP contribution is 2.17. The summed E-state index contributed by atoms with van der Waals surface area (Å²) in [5, 5.41) is 7.39. The topological polar surface area (TPSA) is 50.2 Å². The van der Waals surface area contributed by atoms with Crippen LogP contribution in [0.15, 0.2) is 42.7 Å². The third-order valence-corrected chi connectivity index (χ3v) is 3.81. The summed E-state index contributed by atoms with van der Waals surface area (Å²) in [5.74, 6) is 0.0907. The Kier molecular flexibility index (Phi) is 5.72. The first-order valence-corrected chi connectivity index (χ1v) is 7.58. The summed E-state index contributed by atoms with van der Waals surface area (Å²) in [6.07, 6.45) is 3.83. The van der Waals surface area contributed by atoms with E-state index in [0.717, 1.165) is 24.2 Å². The monoisotopic (exact) mass is 300 g/mol. The van der Waals surface area contributed by atoms with Crippen molar-refractivity contribution in [2.75, 3.05) is 20.1 Å². The Balaban J connectivity index is 1.74. The van der Waals surface area contributed by atoms with Crippen LogP contribution in [0.1, 0.15) is 24.1 Å². The van der Waals surface area contributed by atoms with Crippen LogP contribution in [-0.2, 0) is 11.3 Å². The summed E-state index contributed by atoms with van der Waals surface area (Å²) in [6, 6.07) is 10.1. The van der Waals surface area contributed by atoms with Crippen molar-refractivity contribution in [2.45, 2.75) is 26.4 Å². The molecule has 0 aliphatic rings. The Morgan fingerprint density at radius 2 is 2.09 bits per heavy atom. The van der Waals surface area contributed by atoms with Gasteiger partial charge in [-0.05, 0) is 25.0 Å². The molecule has 1 heterocycles. The van der Waals surface area contributed by atoms with Gasteiger partial charge in [0.15, 0.2) is 0 Å². The fraction of sp³-hybridized carbons (Fsp3) is 0.412. The van der Waals surface area contributed by atoms with Crippen LogP contribution in [0.25, 0.3) is 0 Å². The smallest absolute Gasteiger partial charge is 0.236 e. The summed E-state index contributed by atoms with van der Waals surface area (Å²) < 4.78 is 1.88. The van der Waals surface area contributed by atoms with Gasteiger partial charge in [-0.3, -0.25) is 9.48 Å². The van der Waals surface area contributed by atoms with Crippen LogP contribution in [0.3, 0.4) is 0 Å². The minimum absolute atomic E-state index is 0.0734. The number of benzene rings is 1. The molecule has 1 N–H and O–H groups in total. The molecule has 0 saturated carbocycles. The van der Waals surface area contributed by atoms with Gasteiger partial charge in [0.25, 0.3) is 0 Å². The number of carbonyl (C=O) groups is 1. The van der Waals surface area contributed by atoms with Gasteiger partial charge >= 0.3 is 0 Å². The predicted molar refractivity (Wildman–Crippen MR) is 87.5 cm³/mol. The summed E-state index contributed by atoms with van der Waals surface area (Å²) >= 11 is 0. The van der Waals surface area contributed by atoms with Gasteiger partial charge in [-0.2, -0.15) is 5.10 Å². The lowest BCUT2D eigenvalue weighted by Crippen LogP contribution is -2.38. The normalized spacial score (nSPS) is 12.1. The van der Waals surface area contributed by atoms with E-state index in [0.29, 0.717) is 6.54 Å². The van der Waals surface area contributed by atoms with E-state index >= 15 is 0 Å². The minimum Gasteiger partial charge on any atom is -0.338 e. The molecule has 0 bridgehead atoms. The molecule has 1 aromatic carbocycles. The highest BCUT2D eigenvalue weighted by molar-refractivity contribution is 5.78. The summed E-state index contributed by atoms with van der Waals surface area (Å²) in [4.78, 5) is 14.0. The largest absolute Gasteiger partial charge is 0.338 e. The molecule has 0 radical (unpaired) electrons. The van der Waals surface area contributed by atoms with Crippen LogP contribution in [0.4, 0.5) is 0 Å². The van der Waals surface area contributed by atoms with Crippen molar-refractivity contribution in [2.24, 2.45) is 0 Å². The van der Waals surface area contributed by atoms with Gasteiger partial charge in [0, 0.05) is 19.8 Å². The molecule has 5 nitrogen and oxygen atoms in total. The molecule has 0 spiro atoms. The van der Waals surface area contributed by atoms with Crippen molar-refractivity contribution in [3.8, 4) is 0 Å². The zero-order valence-corrected chi connectivity index (χ0v) is 13.5. The van der Waals surface area contributed by atoms with E-state index in [1.807, 2.05) is 68.3 Å². The van der Waals surface area contributed by atoms with Crippen LogP contribution < -0.4 is 5.32 Å². The van der Waals surface area contributed by atoms with E-state index in [9.17, 15) is 4.79 Å². The highest BCUT2D eigenvalue weighted by atomic mass is 16.2. The van der Waals surface area contributed by atoms with Crippen molar-refractivity contribution in [1.82, 2.24) is 20.0 Å². The molecule has 1 amide bonds. The van der Waals surface area contributed by atoms with E-state index in [2.05, 4.69) is 10.4 Å². The number of amides is 1. The van der Waals surface area contributed by atoms with Crippen molar-refractivity contribution in [1.29, 1.82) is 0 Å². The van der Waals surface area contributed by atoms with Gasteiger partial charge < -0.3 is 10.2 Å². The van der Waals surface area contributed by atoms with E-state index in [1.165, 1.54) is 0 Å². The first-order chi connectivity index (χ1) is 10.6. The maximum absolute atomic E-state index is 12.2. The number of hydrogen-bond acceptors (Lipinski definition) is 3. The number of aryl methyl sites for hydroxylation is 1. The Hall–Kier alpha value is -2.14. The Morgan fingerprint density at radius 1 is 1.36 bits per heavy atom. The fourth-order valence-corrected chi connectivity index (χ4v) is 2.27. The van der Waals surface area contributed by atoms with Gasteiger partial charge in [-0.1, -0.05) is 30.3 Å². The number of hydrogen-bond donors (Lipinski definition) is 1. The number of rotatable bonds is 7. The second kappa shape index (κ2) is 7.75. The molecule has 1 atom stereocenters. The molecule has 0 unspecified atom stereocenters. The number of likely N-dealkylation sites (N-methyl/N-ethyl adjacent to an activating group) is 1. The molecule has 118 valence electrons. The van der Waals surface area contributed by atoms with Crippen molar-refractivity contribution in [3.63, 3.8) is 0 Å². The quantitative estimate of drug-likeness (QED) is 0.796. The van der Waals surface area contributed by atoms with Crippen LogP contribution >= 0.6 is 0 Å². The van der Waals surface area contributed by atoms with Gasteiger partial charge in [0.05, 0.1) is 25.3 Å². The average Bonchev–Trinajstić information content (AvgIpc) is 2.96. The molecule has 2 rings (SSSR count). The molecule has 2 aromatic rings. The lowest BCUT2D eigenvalue weighted by Gasteiger charge is -2.25. The predicted octanol–water partition coefficient (Wildman–Crippen LogP) is 2.00. The lowest BCUT2D eigenvalue weighted by molar-refractivity contribution is -0.130. The standard InChI is InChI=1S/C17H24N4O/c1-14-11-19-21(13-14)10-9-18-12-17(22)20(3)15(2)16-7-5-4-6-8-16/h4-8,11,13,15,18H,9-10,12H2,1-3H3/t15-/m0/s1. The third kappa shape index (κ3) is 4.43. The zero-order valence-electron chi connectivity index (χ0n) is 13.5. The van der Waals surface area contributed by atoms with Crippen molar-refractivity contribution < 1.29 is 4.79 Å². The average molecular weight is 300 g/mol. The van der Waals surface area contributed by atoms with Crippen LogP contribution in [0, 0.1) is 6.92 Å². The molecule has 0 fully saturated rings. The van der Waals surface area contributed by atoms with Gasteiger partial charge in [0.1, 0.15) is 0 Å². The summed E-state index contributed by atoms with van der Waals surface area (Å²) in [7, 11) is 1.85. The first kappa shape index (κ1) is 16.2. The van der Waals surface area contributed by atoms with Gasteiger partial charge in [0.2, 0.25) is 5.91 Å². The molecule has 0 aliphatic carbocycles. The van der Waals surface area contributed by atoms with Crippen LogP contribution in [0.2, 0.25) is 0 Å². The van der Waals surface area contributed by atoms with E-state index in [1.54, 1.807) is 4.90 Å². The second-order valence-electron chi connectivity index (χ2n) is 5.55. The molecule has 22 heavy (non-hydrogen) atoms. The Morgan fingerprint density at radius 3 is 2.73 bits per heavy atom. The van der Waals surface area contributed by atoms with E-state index in [-0.39, 0.29) is 11.9 Å². The zero-order chi connectivity index (χ0) is 15.9. The van der Waals surface area contributed by atoms with E-state index < -0.39 is 0 Å². The van der Waals surface area contributed by atoms with Crippen molar-refractivity contribution in [3.05, 3.63) is 53.9 Å². The summed E-state index contributed by atoms with van der Waals surface area (Å²) in [5.41, 5.74) is 2.29. The molecular formula is C17H24N4O. The van der Waals surface area contributed by atoms with Crippen LogP contribution in [-0.4, -0.2) is 40.7 Å². The maximum atomic E-state index is 12.2. The Bertz CT molecular complexity index is 594. The third-order valence-electron chi connectivity index (χ3n) is 3.81. The summed E-state index contributed by atoms with van der Waals surface area (Å²) in [6.45, 7) is 5.88. The fourth-order valence-electron chi connectivity index (χ4n) is 2.27. The molecule has 1 aromatic heterocycles. The molecule has 0 saturated heterocycles. The molecule has 5 heteroatoms. The SMILES string of the molecule is Cc1cnn(CCNCC(=O)N(C)[C@@H](C)c2ccccc2)c1. The Labute approximate surface area is 131 Å². The van der Waals surface area contributed by atoms with Crippen LogP contribution in [0.5, 0.6) is 0 Å². The number of nitrogens with one attached hydrogen (secondary N) is 1. The number of aromatic nitrogens is 2.